The molecule has 0 amide bonds. The topological polar surface area (TPSA) is 51.6 Å². The number of ether oxygens (including phenoxy) is 2. The van der Waals surface area contributed by atoms with Crippen molar-refractivity contribution >= 4 is 11.6 Å². The lowest BCUT2D eigenvalue weighted by atomic mass is 10.1. The van der Waals surface area contributed by atoms with E-state index in [2.05, 4.69) is 13.5 Å². The van der Waals surface area contributed by atoms with Gasteiger partial charge in [-0.05, 0) is 67.8 Å². The average Bonchev–Trinajstić information content (AvgIpc) is 2.76. The summed E-state index contributed by atoms with van der Waals surface area (Å²) in [5.74, 6) is 1.44. The molecule has 4 nitrogen and oxygen atoms in total. The SMILES string of the molecule is C=C(O)COc1ccc(O[C@@H](CCCC)c2cccc(-c3ccc(Cl)cc3)n2)cc1C. The van der Waals surface area contributed by atoms with Gasteiger partial charge >= 0.3 is 0 Å². The molecule has 1 aromatic heterocycles. The highest BCUT2D eigenvalue weighted by molar-refractivity contribution is 6.30. The average molecular weight is 438 g/mol. The van der Waals surface area contributed by atoms with Crippen LogP contribution in [0.1, 0.15) is 43.5 Å². The van der Waals surface area contributed by atoms with E-state index in [0.717, 1.165) is 47.5 Å². The van der Waals surface area contributed by atoms with E-state index in [0.29, 0.717) is 10.8 Å². The van der Waals surface area contributed by atoms with Crippen LogP contribution in [0.15, 0.2) is 73.0 Å². The standard InChI is InChI=1S/C26H28ClNO3/c1-4-5-9-26(31-22-14-15-25(18(2)16-22)30-17-19(3)29)24-8-6-7-23(28-24)20-10-12-21(27)13-11-20/h6-8,10-16,26,29H,3-5,9,17H2,1-2H3/t26-/m0/s1. The molecule has 162 valence electrons. The van der Waals surface area contributed by atoms with Crippen molar-refractivity contribution < 1.29 is 14.6 Å². The molecule has 31 heavy (non-hydrogen) atoms. The van der Waals surface area contributed by atoms with E-state index in [9.17, 15) is 5.11 Å². The Morgan fingerprint density at radius 3 is 2.58 bits per heavy atom. The number of nitrogens with zero attached hydrogens (tertiary/aromatic N) is 1. The third-order valence-electron chi connectivity index (χ3n) is 4.88. The Hall–Kier alpha value is -2.98. The highest BCUT2D eigenvalue weighted by atomic mass is 35.5. The Morgan fingerprint density at radius 1 is 1.13 bits per heavy atom. The molecular formula is C26H28ClNO3. The summed E-state index contributed by atoms with van der Waals surface area (Å²) in [4.78, 5) is 4.88. The van der Waals surface area contributed by atoms with Crippen LogP contribution in [-0.4, -0.2) is 16.7 Å². The third kappa shape index (κ3) is 6.50. The molecular weight excluding hydrogens is 410 g/mol. The van der Waals surface area contributed by atoms with Gasteiger partial charge in [-0.15, -0.1) is 0 Å². The molecule has 0 bridgehead atoms. The second kappa shape index (κ2) is 10.9. The van der Waals surface area contributed by atoms with Crippen molar-refractivity contribution in [2.75, 3.05) is 6.61 Å². The van der Waals surface area contributed by atoms with Crippen molar-refractivity contribution in [2.24, 2.45) is 0 Å². The van der Waals surface area contributed by atoms with Gasteiger partial charge in [0.1, 0.15) is 30.0 Å². The number of hydrogen-bond acceptors (Lipinski definition) is 4. The predicted octanol–water partition coefficient (Wildman–Crippen LogP) is 7.47. The van der Waals surface area contributed by atoms with E-state index in [1.54, 1.807) is 0 Å². The maximum Gasteiger partial charge on any atom is 0.144 e. The number of hydrogen-bond donors (Lipinski definition) is 1. The zero-order valence-corrected chi connectivity index (χ0v) is 18.7. The van der Waals surface area contributed by atoms with E-state index in [1.807, 2.05) is 67.6 Å². The molecule has 0 fully saturated rings. The van der Waals surface area contributed by atoms with Gasteiger partial charge in [-0.2, -0.15) is 0 Å². The molecule has 0 aliphatic heterocycles. The normalized spacial score (nSPS) is 11.7. The lowest BCUT2D eigenvalue weighted by molar-refractivity contribution is 0.186. The molecule has 1 atom stereocenters. The predicted molar refractivity (Wildman–Crippen MR) is 126 cm³/mol. The zero-order chi connectivity index (χ0) is 22.2. The van der Waals surface area contributed by atoms with E-state index in [1.165, 1.54) is 0 Å². The first-order chi connectivity index (χ1) is 15.0. The van der Waals surface area contributed by atoms with Crippen molar-refractivity contribution in [3.63, 3.8) is 0 Å². The maximum absolute atomic E-state index is 9.25. The van der Waals surface area contributed by atoms with Crippen molar-refractivity contribution in [1.29, 1.82) is 0 Å². The molecule has 0 saturated heterocycles. The summed E-state index contributed by atoms with van der Waals surface area (Å²) in [7, 11) is 0. The minimum Gasteiger partial charge on any atom is -0.509 e. The minimum atomic E-state index is -0.157. The summed E-state index contributed by atoms with van der Waals surface area (Å²) in [6.07, 6.45) is 2.83. The Kier molecular flexibility index (Phi) is 7.96. The van der Waals surface area contributed by atoms with Crippen LogP contribution >= 0.6 is 11.6 Å². The molecule has 3 rings (SSSR count). The molecule has 3 aromatic rings. The van der Waals surface area contributed by atoms with E-state index >= 15 is 0 Å². The van der Waals surface area contributed by atoms with Gasteiger partial charge in [0.15, 0.2) is 0 Å². The van der Waals surface area contributed by atoms with Crippen molar-refractivity contribution in [3.05, 3.63) is 89.3 Å². The molecule has 0 aliphatic carbocycles. The first kappa shape index (κ1) is 22.7. The number of unbranched alkanes of at least 4 members (excludes halogenated alkanes) is 1. The highest BCUT2D eigenvalue weighted by Crippen LogP contribution is 2.30. The van der Waals surface area contributed by atoms with Gasteiger partial charge in [0.2, 0.25) is 0 Å². The highest BCUT2D eigenvalue weighted by Gasteiger charge is 2.16. The second-order valence-electron chi connectivity index (χ2n) is 7.49. The summed E-state index contributed by atoms with van der Waals surface area (Å²) < 4.78 is 11.9. The summed E-state index contributed by atoms with van der Waals surface area (Å²) in [5.41, 5.74) is 3.73. The molecule has 0 aliphatic rings. The first-order valence-corrected chi connectivity index (χ1v) is 10.8. The minimum absolute atomic E-state index is 0.00833. The van der Waals surface area contributed by atoms with E-state index < -0.39 is 0 Å². The molecule has 5 heteroatoms. The largest absolute Gasteiger partial charge is 0.509 e. The van der Waals surface area contributed by atoms with Gasteiger partial charge in [0, 0.05) is 10.6 Å². The van der Waals surface area contributed by atoms with Gasteiger partial charge in [-0.1, -0.05) is 49.7 Å². The summed E-state index contributed by atoms with van der Waals surface area (Å²) >= 11 is 6.02. The maximum atomic E-state index is 9.25. The number of benzene rings is 2. The quantitative estimate of drug-likeness (QED) is 0.334. The number of aromatic nitrogens is 1. The van der Waals surface area contributed by atoms with Crippen LogP contribution in [0.2, 0.25) is 5.02 Å². The van der Waals surface area contributed by atoms with Gasteiger partial charge in [0.05, 0.1) is 11.4 Å². The van der Waals surface area contributed by atoms with E-state index in [-0.39, 0.29) is 18.5 Å². The Morgan fingerprint density at radius 2 is 1.90 bits per heavy atom. The summed E-state index contributed by atoms with van der Waals surface area (Å²) in [6.45, 7) is 7.63. The molecule has 1 N–H and O–H groups in total. The van der Waals surface area contributed by atoms with Gasteiger partial charge in [-0.3, -0.25) is 0 Å². The Labute approximate surface area is 189 Å². The molecule has 0 spiro atoms. The number of aliphatic hydroxyl groups is 1. The number of aryl methyl sites for hydroxylation is 1. The Bertz CT molecular complexity index is 1020. The summed E-state index contributed by atoms with van der Waals surface area (Å²) in [6, 6.07) is 19.4. The van der Waals surface area contributed by atoms with Gasteiger partial charge in [0.25, 0.3) is 0 Å². The van der Waals surface area contributed by atoms with Crippen LogP contribution in [0, 0.1) is 6.92 Å². The lowest BCUT2D eigenvalue weighted by Gasteiger charge is -2.20. The van der Waals surface area contributed by atoms with Crippen molar-refractivity contribution in [1.82, 2.24) is 4.98 Å². The number of aliphatic hydroxyl groups excluding tert-OH is 1. The third-order valence-corrected chi connectivity index (χ3v) is 5.13. The van der Waals surface area contributed by atoms with Crippen LogP contribution in [0.4, 0.5) is 0 Å². The number of halogens is 1. The molecule has 0 radical (unpaired) electrons. The Balaban J connectivity index is 1.82. The van der Waals surface area contributed by atoms with Crippen LogP contribution in [0.3, 0.4) is 0 Å². The molecule has 1 heterocycles. The van der Waals surface area contributed by atoms with Crippen LogP contribution in [0.25, 0.3) is 11.3 Å². The molecule has 0 unspecified atom stereocenters. The number of rotatable bonds is 10. The van der Waals surface area contributed by atoms with Crippen molar-refractivity contribution in [3.8, 4) is 22.8 Å². The number of pyridine rings is 1. The molecule has 0 saturated carbocycles. The fraction of sp³-hybridized carbons (Fsp3) is 0.269. The monoisotopic (exact) mass is 437 g/mol. The first-order valence-electron chi connectivity index (χ1n) is 10.5. The second-order valence-corrected chi connectivity index (χ2v) is 7.92. The van der Waals surface area contributed by atoms with Crippen LogP contribution in [-0.2, 0) is 0 Å². The van der Waals surface area contributed by atoms with Crippen molar-refractivity contribution in [2.45, 2.75) is 39.2 Å². The smallest absolute Gasteiger partial charge is 0.144 e. The summed E-state index contributed by atoms with van der Waals surface area (Å²) in [5, 5.41) is 9.95. The van der Waals surface area contributed by atoms with Gasteiger partial charge in [-0.25, -0.2) is 4.98 Å². The fourth-order valence-electron chi connectivity index (χ4n) is 3.25. The zero-order valence-electron chi connectivity index (χ0n) is 18.0. The van der Waals surface area contributed by atoms with E-state index in [4.69, 9.17) is 26.1 Å². The lowest BCUT2D eigenvalue weighted by Crippen LogP contribution is -2.10. The van der Waals surface area contributed by atoms with Crippen LogP contribution in [0.5, 0.6) is 11.5 Å². The van der Waals surface area contributed by atoms with Crippen LogP contribution < -0.4 is 9.47 Å². The molecule has 2 aromatic carbocycles. The fourth-order valence-corrected chi connectivity index (χ4v) is 3.38. The van der Waals surface area contributed by atoms with Gasteiger partial charge < -0.3 is 14.6 Å².